The predicted octanol–water partition coefficient (Wildman–Crippen LogP) is 4.02. The van der Waals surface area contributed by atoms with Gasteiger partial charge in [-0.15, -0.1) is 0 Å². The molecule has 0 saturated carbocycles. The highest BCUT2D eigenvalue weighted by molar-refractivity contribution is 5.97. The lowest BCUT2D eigenvalue weighted by atomic mass is 9.97. The molecule has 0 bridgehead atoms. The number of rotatable bonds is 6. The molecule has 2 aromatic carbocycles. The minimum Gasteiger partial charge on any atom is -0.338 e. The van der Waals surface area contributed by atoms with Gasteiger partial charge in [0.1, 0.15) is 0 Å². The quantitative estimate of drug-likeness (QED) is 0.599. The molecule has 3 aromatic rings. The smallest absolute Gasteiger partial charge is 0.241 e. The first-order chi connectivity index (χ1) is 16.6. The van der Waals surface area contributed by atoms with Crippen molar-refractivity contribution in [2.45, 2.75) is 39.2 Å². The van der Waals surface area contributed by atoms with Crippen molar-refractivity contribution in [1.29, 1.82) is 0 Å². The Morgan fingerprint density at radius 3 is 2.85 bits per heavy atom. The lowest BCUT2D eigenvalue weighted by Gasteiger charge is -2.31. The molecule has 34 heavy (non-hydrogen) atoms. The summed E-state index contributed by atoms with van der Waals surface area (Å²) < 4.78 is 5.50. The third-order valence-corrected chi connectivity index (χ3v) is 6.59. The van der Waals surface area contributed by atoms with Gasteiger partial charge in [0.05, 0.1) is 12.5 Å². The van der Waals surface area contributed by atoms with E-state index in [2.05, 4.69) is 20.4 Å². The van der Waals surface area contributed by atoms with E-state index in [1.54, 1.807) is 4.90 Å². The number of hydrogen-bond acceptors (Lipinski definition) is 6. The average molecular weight is 460 g/mol. The Hall–Kier alpha value is -3.52. The highest BCUT2D eigenvalue weighted by Gasteiger charge is 2.28. The van der Waals surface area contributed by atoms with Crippen molar-refractivity contribution in [3.8, 4) is 11.4 Å². The second-order valence-electron chi connectivity index (χ2n) is 9.09. The normalized spacial score (nSPS) is 18.9. The van der Waals surface area contributed by atoms with Crippen molar-refractivity contribution >= 4 is 23.2 Å². The molecule has 1 atom stereocenters. The van der Waals surface area contributed by atoms with Gasteiger partial charge < -0.3 is 14.7 Å². The van der Waals surface area contributed by atoms with Crippen LogP contribution in [0.1, 0.15) is 37.1 Å². The second kappa shape index (κ2) is 9.77. The lowest BCUT2D eigenvalue weighted by molar-refractivity contribution is -0.121. The number of likely N-dealkylation sites (tertiary alicyclic amines) is 1. The maximum atomic E-state index is 13.0. The van der Waals surface area contributed by atoms with Gasteiger partial charge in [-0.25, -0.2) is 0 Å². The van der Waals surface area contributed by atoms with E-state index in [0.29, 0.717) is 31.2 Å². The molecule has 0 radical (unpaired) electrons. The fraction of sp³-hybridized carbons (Fsp3) is 0.385. The van der Waals surface area contributed by atoms with Gasteiger partial charge in [0.25, 0.3) is 0 Å². The highest BCUT2D eigenvalue weighted by Crippen LogP contribution is 2.26. The Kier molecular flexibility index (Phi) is 6.40. The molecular formula is C26H29N5O3. The maximum absolute atomic E-state index is 13.0. The van der Waals surface area contributed by atoms with Gasteiger partial charge in [-0.3, -0.25) is 14.5 Å². The van der Waals surface area contributed by atoms with Gasteiger partial charge in [0.2, 0.25) is 23.5 Å². The summed E-state index contributed by atoms with van der Waals surface area (Å²) >= 11 is 0. The van der Waals surface area contributed by atoms with Crippen LogP contribution in [0.5, 0.6) is 0 Å². The Morgan fingerprint density at radius 2 is 2.03 bits per heavy atom. The zero-order chi connectivity index (χ0) is 23.5. The van der Waals surface area contributed by atoms with E-state index in [-0.39, 0.29) is 17.7 Å². The van der Waals surface area contributed by atoms with E-state index >= 15 is 0 Å². The number of hydrogen-bond donors (Lipinski definition) is 1. The zero-order valence-electron chi connectivity index (χ0n) is 19.4. The van der Waals surface area contributed by atoms with Crippen LogP contribution >= 0.6 is 0 Å². The van der Waals surface area contributed by atoms with Gasteiger partial charge in [0, 0.05) is 36.4 Å². The van der Waals surface area contributed by atoms with E-state index in [4.69, 9.17) is 4.52 Å². The Bertz CT molecular complexity index is 1190. The molecule has 1 unspecified atom stereocenters. The molecule has 2 aliphatic rings. The van der Waals surface area contributed by atoms with Crippen molar-refractivity contribution in [3.05, 3.63) is 60.0 Å². The van der Waals surface area contributed by atoms with Crippen LogP contribution in [0.3, 0.4) is 0 Å². The lowest BCUT2D eigenvalue weighted by Crippen LogP contribution is -2.40. The van der Waals surface area contributed by atoms with Crippen LogP contribution < -0.4 is 10.2 Å². The van der Waals surface area contributed by atoms with Crippen LogP contribution in [-0.4, -0.2) is 46.5 Å². The number of carbonyl (C=O) groups excluding carboxylic acids is 2. The fourth-order valence-electron chi connectivity index (χ4n) is 4.77. The van der Waals surface area contributed by atoms with Crippen molar-refractivity contribution < 1.29 is 14.1 Å². The van der Waals surface area contributed by atoms with Gasteiger partial charge in [-0.2, -0.15) is 4.98 Å². The van der Waals surface area contributed by atoms with Crippen LogP contribution in [-0.2, 0) is 16.1 Å². The van der Waals surface area contributed by atoms with Crippen LogP contribution in [0.2, 0.25) is 0 Å². The average Bonchev–Trinajstić information content (AvgIpc) is 3.48. The molecule has 2 fully saturated rings. The van der Waals surface area contributed by atoms with E-state index < -0.39 is 0 Å². The second-order valence-corrected chi connectivity index (χ2v) is 9.09. The molecule has 3 heterocycles. The maximum Gasteiger partial charge on any atom is 0.241 e. The fourth-order valence-corrected chi connectivity index (χ4v) is 4.77. The molecule has 8 heteroatoms. The number of aryl methyl sites for hydroxylation is 1. The number of benzene rings is 2. The molecular weight excluding hydrogens is 430 g/mol. The first-order valence-electron chi connectivity index (χ1n) is 11.9. The molecule has 2 saturated heterocycles. The molecule has 176 valence electrons. The van der Waals surface area contributed by atoms with Crippen LogP contribution in [0.15, 0.2) is 53.1 Å². The summed E-state index contributed by atoms with van der Waals surface area (Å²) in [5.41, 5.74) is 3.62. The number of carbonyl (C=O) groups is 2. The number of amides is 2. The number of nitrogens with one attached hydrogen (secondary N) is 1. The van der Waals surface area contributed by atoms with E-state index in [1.165, 1.54) is 0 Å². The number of aromatic nitrogens is 2. The molecule has 5 rings (SSSR count). The summed E-state index contributed by atoms with van der Waals surface area (Å²) in [7, 11) is 0. The standard InChI is InChI=1S/C26H29N5O3/c1-18-7-2-3-11-22(18)25-28-23(34-29-25)17-30-13-5-8-19(16-30)26(33)27-20-9-4-10-21(15-20)31-14-6-12-24(31)32/h2-4,7,9-11,15,19H,5-6,8,12-14,16-17H2,1H3,(H,27,33). The van der Waals surface area contributed by atoms with Crippen molar-refractivity contribution in [2.75, 3.05) is 29.9 Å². The first-order valence-corrected chi connectivity index (χ1v) is 11.9. The number of piperidine rings is 1. The van der Waals surface area contributed by atoms with Crippen molar-refractivity contribution in [3.63, 3.8) is 0 Å². The summed E-state index contributed by atoms with van der Waals surface area (Å²) in [6, 6.07) is 15.5. The number of nitrogens with zero attached hydrogens (tertiary/aromatic N) is 4. The third-order valence-electron chi connectivity index (χ3n) is 6.59. The van der Waals surface area contributed by atoms with E-state index in [9.17, 15) is 9.59 Å². The van der Waals surface area contributed by atoms with E-state index in [0.717, 1.165) is 54.9 Å². The van der Waals surface area contributed by atoms with E-state index in [1.807, 2.05) is 55.5 Å². The first kappa shape index (κ1) is 22.3. The summed E-state index contributed by atoms with van der Waals surface area (Å²) in [6.45, 7) is 4.80. The summed E-state index contributed by atoms with van der Waals surface area (Å²) in [5.74, 6) is 1.17. The van der Waals surface area contributed by atoms with Crippen molar-refractivity contribution in [2.24, 2.45) is 5.92 Å². The van der Waals surface area contributed by atoms with Gasteiger partial charge in [-0.05, 0) is 56.5 Å². The van der Waals surface area contributed by atoms with Crippen LogP contribution in [0, 0.1) is 12.8 Å². The predicted molar refractivity (Wildman–Crippen MR) is 129 cm³/mol. The molecule has 0 spiro atoms. The highest BCUT2D eigenvalue weighted by atomic mass is 16.5. The van der Waals surface area contributed by atoms with Crippen LogP contribution in [0.25, 0.3) is 11.4 Å². The molecule has 1 N–H and O–H groups in total. The Balaban J connectivity index is 1.20. The van der Waals surface area contributed by atoms with Crippen LogP contribution in [0.4, 0.5) is 11.4 Å². The molecule has 8 nitrogen and oxygen atoms in total. The van der Waals surface area contributed by atoms with Crippen molar-refractivity contribution in [1.82, 2.24) is 15.0 Å². The SMILES string of the molecule is Cc1ccccc1-c1noc(CN2CCCC(C(=O)Nc3cccc(N4CCCC4=O)c3)C2)n1. The summed E-state index contributed by atoms with van der Waals surface area (Å²) in [6.07, 6.45) is 3.23. The number of anilines is 2. The minimum absolute atomic E-state index is 0.000673. The summed E-state index contributed by atoms with van der Waals surface area (Å²) in [5, 5.41) is 7.20. The Morgan fingerprint density at radius 1 is 1.15 bits per heavy atom. The molecule has 2 amide bonds. The molecule has 2 aliphatic heterocycles. The molecule has 0 aliphatic carbocycles. The minimum atomic E-state index is -0.121. The Labute approximate surface area is 198 Å². The van der Waals surface area contributed by atoms with Gasteiger partial charge in [-0.1, -0.05) is 35.5 Å². The topological polar surface area (TPSA) is 91.6 Å². The third kappa shape index (κ3) is 4.87. The largest absolute Gasteiger partial charge is 0.338 e. The van der Waals surface area contributed by atoms with Gasteiger partial charge >= 0.3 is 0 Å². The molecule has 1 aromatic heterocycles. The summed E-state index contributed by atoms with van der Waals surface area (Å²) in [4.78, 5) is 33.6. The monoisotopic (exact) mass is 459 g/mol. The zero-order valence-corrected chi connectivity index (χ0v) is 19.4. The van der Waals surface area contributed by atoms with Gasteiger partial charge in [0.15, 0.2) is 0 Å².